The molecule has 0 spiro atoms. The zero-order chi connectivity index (χ0) is 18.7. The molecule has 6 nitrogen and oxygen atoms in total. The van der Waals surface area contributed by atoms with Crippen LogP contribution in [0.2, 0.25) is 0 Å². The van der Waals surface area contributed by atoms with Crippen LogP contribution < -0.4 is 0 Å². The lowest BCUT2D eigenvalue weighted by molar-refractivity contribution is -0.165. The van der Waals surface area contributed by atoms with E-state index in [1.807, 2.05) is 0 Å². The first-order chi connectivity index (χ1) is 12.2. The first kappa shape index (κ1) is 18.2. The fourth-order valence-electron chi connectivity index (χ4n) is 4.84. The van der Waals surface area contributed by atoms with Crippen LogP contribution in [0, 0.1) is 17.8 Å². The lowest BCUT2D eigenvalue weighted by Crippen LogP contribution is -2.36. The molecule has 6 heteroatoms. The Kier molecular flexibility index (Phi) is 4.35. The quantitative estimate of drug-likeness (QED) is 0.550. The Bertz CT molecular complexity index is 605. The van der Waals surface area contributed by atoms with Crippen LogP contribution in [0.3, 0.4) is 0 Å². The summed E-state index contributed by atoms with van der Waals surface area (Å²) in [5.74, 6) is -0.369. The third-order valence-electron chi connectivity index (χ3n) is 6.85. The number of ether oxygens (including phenoxy) is 4. The van der Waals surface area contributed by atoms with E-state index in [4.69, 9.17) is 18.9 Å². The summed E-state index contributed by atoms with van der Waals surface area (Å²) in [6.07, 6.45) is 4.03. The van der Waals surface area contributed by atoms with Gasteiger partial charge in [0.25, 0.3) is 0 Å². The standard InChI is InChI=1S/C20H30O6/c1-11-9-20(4)16(26-20)8-14(11)18(22)24-12(2)10-23-17(21)13-5-6-19(3)15(7-13)25-19/h11-16H,5-10H2,1-4H3. The van der Waals surface area contributed by atoms with Crippen LogP contribution in [0.1, 0.15) is 59.8 Å². The minimum atomic E-state index is -0.432. The van der Waals surface area contributed by atoms with Crippen molar-refractivity contribution in [2.75, 3.05) is 6.61 Å². The van der Waals surface area contributed by atoms with Gasteiger partial charge in [-0.3, -0.25) is 9.59 Å². The summed E-state index contributed by atoms with van der Waals surface area (Å²) in [5.41, 5.74) is -0.0314. The lowest BCUT2D eigenvalue weighted by Gasteiger charge is -2.29. The van der Waals surface area contributed by atoms with Gasteiger partial charge in [0.05, 0.1) is 35.2 Å². The molecular weight excluding hydrogens is 336 g/mol. The number of esters is 2. The van der Waals surface area contributed by atoms with Gasteiger partial charge in [0.1, 0.15) is 12.7 Å². The van der Waals surface area contributed by atoms with Gasteiger partial charge in [-0.05, 0) is 58.8 Å². The molecule has 0 radical (unpaired) electrons. The third-order valence-corrected chi connectivity index (χ3v) is 6.85. The zero-order valence-electron chi connectivity index (χ0n) is 16.2. The average molecular weight is 366 g/mol. The molecule has 2 saturated heterocycles. The van der Waals surface area contributed by atoms with Crippen LogP contribution in [0.5, 0.6) is 0 Å². The molecule has 0 amide bonds. The number of hydrogen-bond acceptors (Lipinski definition) is 6. The number of hydrogen-bond donors (Lipinski definition) is 0. The molecule has 4 fully saturated rings. The number of carbonyl (C=O) groups excluding carboxylic acids is 2. The number of fused-ring (bicyclic) bond motifs is 2. The molecule has 2 aliphatic heterocycles. The van der Waals surface area contributed by atoms with Crippen molar-refractivity contribution in [2.45, 2.75) is 89.3 Å². The van der Waals surface area contributed by atoms with Crippen LogP contribution in [-0.2, 0) is 28.5 Å². The highest BCUT2D eigenvalue weighted by atomic mass is 16.6. The van der Waals surface area contributed by atoms with Gasteiger partial charge in [-0.2, -0.15) is 0 Å². The van der Waals surface area contributed by atoms with Crippen molar-refractivity contribution in [3.05, 3.63) is 0 Å². The molecule has 2 heterocycles. The van der Waals surface area contributed by atoms with E-state index in [-0.39, 0.29) is 59.7 Å². The Morgan fingerprint density at radius 1 is 1.12 bits per heavy atom. The van der Waals surface area contributed by atoms with Crippen LogP contribution >= 0.6 is 0 Å². The number of rotatable bonds is 5. The largest absolute Gasteiger partial charge is 0.462 e. The fourth-order valence-corrected chi connectivity index (χ4v) is 4.84. The molecule has 2 saturated carbocycles. The van der Waals surface area contributed by atoms with Crippen molar-refractivity contribution in [2.24, 2.45) is 17.8 Å². The summed E-state index contributed by atoms with van der Waals surface area (Å²) in [6.45, 7) is 8.18. The Labute approximate surface area is 154 Å². The highest BCUT2D eigenvalue weighted by Gasteiger charge is 2.59. The van der Waals surface area contributed by atoms with Crippen LogP contribution in [0.4, 0.5) is 0 Å². The van der Waals surface area contributed by atoms with Gasteiger partial charge in [0.15, 0.2) is 0 Å². The molecule has 8 atom stereocenters. The monoisotopic (exact) mass is 366 g/mol. The van der Waals surface area contributed by atoms with E-state index in [0.29, 0.717) is 0 Å². The van der Waals surface area contributed by atoms with Crippen molar-refractivity contribution < 1.29 is 28.5 Å². The van der Waals surface area contributed by atoms with Crippen LogP contribution in [0.15, 0.2) is 0 Å². The van der Waals surface area contributed by atoms with E-state index in [9.17, 15) is 9.59 Å². The summed E-state index contributed by atoms with van der Waals surface area (Å²) in [6, 6.07) is 0. The Balaban J connectivity index is 1.20. The topological polar surface area (TPSA) is 77.7 Å². The maximum absolute atomic E-state index is 12.5. The van der Waals surface area contributed by atoms with Crippen molar-refractivity contribution >= 4 is 11.9 Å². The minimum absolute atomic E-state index is 0.00234. The van der Waals surface area contributed by atoms with Gasteiger partial charge in [0, 0.05) is 0 Å². The molecular formula is C20H30O6. The molecule has 4 aliphatic rings. The maximum atomic E-state index is 12.5. The predicted octanol–water partition coefficient (Wildman–Crippen LogP) is 2.62. The second kappa shape index (κ2) is 6.20. The molecule has 2 aliphatic carbocycles. The molecule has 4 rings (SSSR count). The zero-order valence-corrected chi connectivity index (χ0v) is 16.2. The Morgan fingerprint density at radius 2 is 1.81 bits per heavy atom. The van der Waals surface area contributed by atoms with E-state index in [1.54, 1.807) is 6.92 Å². The molecule has 0 aromatic carbocycles. The van der Waals surface area contributed by atoms with E-state index in [1.165, 1.54) is 0 Å². The molecule has 8 unspecified atom stereocenters. The Hall–Kier alpha value is -1.14. The van der Waals surface area contributed by atoms with E-state index in [0.717, 1.165) is 32.1 Å². The summed E-state index contributed by atoms with van der Waals surface area (Å²) in [4.78, 5) is 24.7. The van der Waals surface area contributed by atoms with Crippen molar-refractivity contribution in [3.63, 3.8) is 0 Å². The maximum Gasteiger partial charge on any atom is 0.309 e. The second-order valence-corrected chi connectivity index (χ2v) is 9.21. The number of epoxide rings is 2. The highest BCUT2D eigenvalue weighted by Crippen LogP contribution is 2.52. The lowest BCUT2D eigenvalue weighted by atomic mass is 9.75. The van der Waals surface area contributed by atoms with Crippen LogP contribution in [0.25, 0.3) is 0 Å². The van der Waals surface area contributed by atoms with Gasteiger partial charge in [-0.1, -0.05) is 6.92 Å². The molecule has 0 bridgehead atoms. The SMILES string of the molecule is CC(COC(=O)C1CCC2(C)OC2C1)OC(=O)C1CC2OC2(C)CC1C. The van der Waals surface area contributed by atoms with Crippen molar-refractivity contribution in [1.29, 1.82) is 0 Å². The van der Waals surface area contributed by atoms with E-state index < -0.39 is 6.10 Å². The number of carbonyl (C=O) groups is 2. The van der Waals surface area contributed by atoms with Gasteiger partial charge < -0.3 is 18.9 Å². The van der Waals surface area contributed by atoms with Crippen LogP contribution in [-0.4, -0.2) is 48.1 Å². The highest BCUT2D eigenvalue weighted by molar-refractivity contribution is 5.74. The van der Waals surface area contributed by atoms with Crippen molar-refractivity contribution in [1.82, 2.24) is 0 Å². The van der Waals surface area contributed by atoms with Gasteiger partial charge >= 0.3 is 11.9 Å². The smallest absolute Gasteiger partial charge is 0.309 e. The molecule has 0 aromatic heterocycles. The summed E-state index contributed by atoms with van der Waals surface area (Å²) >= 11 is 0. The van der Waals surface area contributed by atoms with Gasteiger partial charge in [-0.15, -0.1) is 0 Å². The molecule has 146 valence electrons. The second-order valence-electron chi connectivity index (χ2n) is 9.21. The summed E-state index contributed by atoms with van der Waals surface area (Å²) in [5, 5.41) is 0. The molecule has 0 aromatic rings. The Morgan fingerprint density at radius 3 is 2.54 bits per heavy atom. The first-order valence-electron chi connectivity index (χ1n) is 9.93. The first-order valence-corrected chi connectivity index (χ1v) is 9.93. The van der Waals surface area contributed by atoms with E-state index >= 15 is 0 Å². The van der Waals surface area contributed by atoms with E-state index in [2.05, 4.69) is 20.8 Å². The molecule has 0 N–H and O–H groups in total. The van der Waals surface area contributed by atoms with Crippen molar-refractivity contribution in [3.8, 4) is 0 Å². The third kappa shape index (κ3) is 3.38. The fraction of sp³-hybridized carbons (Fsp3) is 0.900. The molecule has 26 heavy (non-hydrogen) atoms. The predicted molar refractivity (Wildman–Crippen MR) is 92.3 cm³/mol. The summed E-state index contributed by atoms with van der Waals surface area (Å²) < 4.78 is 22.3. The average Bonchev–Trinajstić information content (AvgIpc) is 3.43. The minimum Gasteiger partial charge on any atom is -0.462 e. The van der Waals surface area contributed by atoms with Gasteiger partial charge in [0.2, 0.25) is 0 Å². The van der Waals surface area contributed by atoms with Gasteiger partial charge in [-0.25, -0.2) is 0 Å². The summed E-state index contributed by atoms with van der Waals surface area (Å²) in [7, 11) is 0. The normalized spacial score (nSPS) is 47.2.